The standard InChI is InChI=1S/C16H16BrN3O/c1-10-7-8-18-16(19-10)20(2)15(21)14-9-13(14)11-3-5-12(17)6-4-11/h3-8,13-14H,9H2,1-2H3/t13-,14+/m0/s1. The Hall–Kier alpha value is -1.75. The Morgan fingerprint density at radius 3 is 2.67 bits per heavy atom. The molecule has 3 rings (SSSR count). The van der Waals surface area contributed by atoms with Crippen LogP contribution in [0.3, 0.4) is 0 Å². The fourth-order valence-electron chi connectivity index (χ4n) is 2.49. The Labute approximate surface area is 132 Å². The van der Waals surface area contributed by atoms with Crippen molar-refractivity contribution in [2.24, 2.45) is 5.92 Å². The van der Waals surface area contributed by atoms with Crippen LogP contribution in [-0.2, 0) is 4.79 Å². The number of nitrogens with zero attached hydrogens (tertiary/aromatic N) is 3. The molecule has 1 heterocycles. The molecule has 0 unspecified atom stereocenters. The van der Waals surface area contributed by atoms with Gasteiger partial charge < -0.3 is 0 Å². The molecular formula is C16H16BrN3O. The van der Waals surface area contributed by atoms with Gasteiger partial charge in [-0.3, -0.25) is 9.69 Å². The number of hydrogen-bond donors (Lipinski definition) is 0. The zero-order chi connectivity index (χ0) is 15.0. The van der Waals surface area contributed by atoms with Gasteiger partial charge in [0, 0.05) is 29.3 Å². The Morgan fingerprint density at radius 1 is 1.29 bits per heavy atom. The lowest BCUT2D eigenvalue weighted by atomic mass is 10.1. The minimum atomic E-state index is 0.0419. The Bertz CT molecular complexity index is 671. The van der Waals surface area contributed by atoms with Crippen molar-refractivity contribution in [1.82, 2.24) is 9.97 Å². The summed E-state index contributed by atoms with van der Waals surface area (Å²) < 4.78 is 1.06. The number of carbonyl (C=O) groups is 1. The first-order valence-corrected chi connectivity index (χ1v) is 7.68. The topological polar surface area (TPSA) is 46.1 Å². The molecule has 1 aliphatic carbocycles. The number of amides is 1. The molecule has 1 aromatic heterocycles. The van der Waals surface area contributed by atoms with Crippen molar-refractivity contribution >= 4 is 27.8 Å². The van der Waals surface area contributed by atoms with Crippen molar-refractivity contribution < 1.29 is 4.79 Å². The number of hydrogen-bond acceptors (Lipinski definition) is 3. The molecule has 0 radical (unpaired) electrons. The van der Waals surface area contributed by atoms with Crippen molar-refractivity contribution in [1.29, 1.82) is 0 Å². The SMILES string of the molecule is Cc1ccnc(N(C)C(=O)[C@@H]2C[C@H]2c2ccc(Br)cc2)n1. The molecule has 1 aliphatic rings. The van der Waals surface area contributed by atoms with Gasteiger partial charge in [-0.1, -0.05) is 28.1 Å². The average Bonchev–Trinajstić information content (AvgIpc) is 3.27. The second-order valence-corrected chi connectivity index (χ2v) is 6.31. The van der Waals surface area contributed by atoms with Crippen molar-refractivity contribution in [3.05, 3.63) is 52.3 Å². The predicted octanol–water partition coefficient (Wildman–Crippen LogP) is 3.31. The number of benzene rings is 1. The molecule has 0 spiro atoms. The summed E-state index contributed by atoms with van der Waals surface area (Å²) in [7, 11) is 1.74. The Kier molecular flexibility index (Phi) is 3.76. The largest absolute Gasteiger partial charge is 0.284 e. The van der Waals surface area contributed by atoms with E-state index in [2.05, 4.69) is 38.0 Å². The molecule has 0 aliphatic heterocycles. The first kappa shape index (κ1) is 14.2. The maximum atomic E-state index is 12.5. The van der Waals surface area contributed by atoms with Gasteiger partial charge in [0.1, 0.15) is 0 Å². The molecule has 0 bridgehead atoms. The van der Waals surface area contributed by atoms with Crippen molar-refractivity contribution in [2.45, 2.75) is 19.3 Å². The van der Waals surface area contributed by atoms with E-state index < -0.39 is 0 Å². The third kappa shape index (κ3) is 2.97. The van der Waals surface area contributed by atoms with Crippen LogP contribution in [-0.4, -0.2) is 22.9 Å². The maximum absolute atomic E-state index is 12.5. The van der Waals surface area contributed by atoms with E-state index >= 15 is 0 Å². The van der Waals surface area contributed by atoms with Crippen molar-refractivity contribution in [3.8, 4) is 0 Å². The average molecular weight is 346 g/mol. The maximum Gasteiger partial charge on any atom is 0.232 e. The quantitative estimate of drug-likeness (QED) is 0.857. The highest BCUT2D eigenvalue weighted by Crippen LogP contribution is 2.48. The Balaban J connectivity index is 1.71. The van der Waals surface area contributed by atoms with E-state index in [0.29, 0.717) is 11.9 Å². The van der Waals surface area contributed by atoms with Gasteiger partial charge in [-0.25, -0.2) is 9.97 Å². The number of aromatic nitrogens is 2. The van der Waals surface area contributed by atoms with Crippen LogP contribution in [0, 0.1) is 12.8 Å². The number of aryl methyl sites for hydroxylation is 1. The van der Waals surface area contributed by atoms with Crippen LogP contribution in [0.25, 0.3) is 0 Å². The zero-order valence-corrected chi connectivity index (χ0v) is 13.5. The van der Waals surface area contributed by atoms with E-state index in [-0.39, 0.29) is 11.8 Å². The van der Waals surface area contributed by atoms with Crippen LogP contribution in [0.1, 0.15) is 23.6 Å². The molecule has 2 atom stereocenters. The minimum absolute atomic E-state index is 0.0419. The second-order valence-electron chi connectivity index (χ2n) is 5.40. The van der Waals surface area contributed by atoms with E-state index in [9.17, 15) is 4.79 Å². The molecule has 108 valence electrons. The molecule has 1 saturated carbocycles. The number of carbonyl (C=O) groups excluding carboxylic acids is 1. The van der Waals surface area contributed by atoms with Gasteiger partial charge in [-0.2, -0.15) is 0 Å². The molecule has 1 amide bonds. The summed E-state index contributed by atoms with van der Waals surface area (Å²) >= 11 is 3.43. The van der Waals surface area contributed by atoms with Crippen LogP contribution < -0.4 is 4.90 Å². The molecule has 2 aromatic rings. The monoisotopic (exact) mass is 345 g/mol. The van der Waals surface area contributed by atoms with Crippen molar-refractivity contribution in [3.63, 3.8) is 0 Å². The fraction of sp³-hybridized carbons (Fsp3) is 0.312. The smallest absolute Gasteiger partial charge is 0.232 e. The molecule has 5 heteroatoms. The van der Waals surface area contributed by atoms with E-state index in [4.69, 9.17) is 0 Å². The van der Waals surface area contributed by atoms with Gasteiger partial charge in [-0.15, -0.1) is 0 Å². The normalized spacial score (nSPS) is 20.1. The van der Waals surface area contributed by atoms with Crippen LogP contribution in [0.5, 0.6) is 0 Å². The zero-order valence-electron chi connectivity index (χ0n) is 12.0. The van der Waals surface area contributed by atoms with Gasteiger partial charge in [0.05, 0.1) is 0 Å². The highest BCUT2D eigenvalue weighted by molar-refractivity contribution is 9.10. The third-order valence-corrected chi connectivity index (χ3v) is 4.35. The molecule has 0 N–H and O–H groups in total. The third-order valence-electron chi connectivity index (χ3n) is 3.82. The molecule has 4 nitrogen and oxygen atoms in total. The first-order chi connectivity index (χ1) is 10.1. The minimum Gasteiger partial charge on any atom is -0.284 e. The van der Waals surface area contributed by atoms with Gasteiger partial charge in [0.2, 0.25) is 11.9 Å². The van der Waals surface area contributed by atoms with Crippen LogP contribution in [0.15, 0.2) is 41.0 Å². The van der Waals surface area contributed by atoms with E-state index in [0.717, 1.165) is 16.6 Å². The lowest BCUT2D eigenvalue weighted by Gasteiger charge is -2.15. The van der Waals surface area contributed by atoms with Crippen molar-refractivity contribution in [2.75, 3.05) is 11.9 Å². The summed E-state index contributed by atoms with van der Waals surface area (Å²) in [6.07, 6.45) is 2.58. The lowest BCUT2D eigenvalue weighted by molar-refractivity contribution is -0.119. The lowest BCUT2D eigenvalue weighted by Crippen LogP contribution is -2.30. The molecule has 21 heavy (non-hydrogen) atoms. The summed E-state index contributed by atoms with van der Waals surface area (Å²) in [4.78, 5) is 22.5. The summed E-state index contributed by atoms with van der Waals surface area (Å²) in [6.45, 7) is 1.89. The van der Waals surface area contributed by atoms with Crippen LogP contribution >= 0.6 is 15.9 Å². The van der Waals surface area contributed by atoms with E-state index in [1.165, 1.54) is 5.56 Å². The fourth-order valence-corrected chi connectivity index (χ4v) is 2.76. The first-order valence-electron chi connectivity index (χ1n) is 6.89. The second kappa shape index (κ2) is 5.56. The number of halogens is 1. The van der Waals surface area contributed by atoms with Gasteiger partial charge in [-0.05, 0) is 43.0 Å². The van der Waals surface area contributed by atoms with Gasteiger partial charge in [0.15, 0.2) is 0 Å². The van der Waals surface area contributed by atoms with Crippen LogP contribution in [0.4, 0.5) is 5.95 Å². The molecule has 1 aromatic carbocycles. The molecule has 1 fully saturated rings. The molecular weight excluding hydrogens is 330 g/mol. The highest BCUT2D eigenvalue weighted by atomic mass is 79.9. The number of anilines is 1. The summed E-state index contributed by atoms with van der Waals surface area (Å²) in [6, 6.07) is 10.0. The van der Waals surface area contributed by atoms with Gasteiger partial charge >= 0.3 is 0 Å². The van der Waals surface area contributed by atoms with Crippen LogP contribution in [0.2, 0.25) is 0 Å². The Morgan fingerprint density at radius 2 is 2.00 bits per heavy atom. The number of rotatable bonds is 3. The van der Waals surface area contributed by atoms with E-state index in [1.54, 1.807) is 18.1 Å². The highest BCUT2D eigenvalue weighted by Gasteiger charge is 2.45. The summed E-state index contributed by atoms with van der Waals surface area (Å²) in [5.74, 6) is 0.924. The molecule has 0 saturated heterocycles. The van der Waals surface area contributed by atoms with Gasteiger partial charge in [0.25, 0.3) is 0 Å². The summed E-state index contributed by atoms with van der Waals surface area (Å²) in [5, 5.41) is 0. The predicted molar refractivity (Wildman–Crippen MR) is 85.2 cm³/mol. The summed E-state index contributed by atoms with van der Waals surface area (Å²) in [5.41, 5.74) is 2.08. The van der Waals surface area contributed by atoms with E-state index in [1.807, 2.05) is 25.1 Å².